The molecule has 0 fully saturated rings. The maximum Gasteiger partial charge on any atom is 0.293 e. The van der Waals surface area contributed by atoms with Gasteiger partial charge in [-0.05, 0) is 43.2 Å². The van der Waals surface area contributed by atoms with Gasteiger partial charge in [-0.2, -0.15) is 0 Å². The van der Waals surface area contributed by atoms with Gasteiger partial charge in [-0.25, -0.2) is 4.98 Å². The lowest BCUT2D eigenvalue weighted by molar-refractivity contribution is 0.0998. The fourth-order valence-corrected chi connectivity index (χ4v) is 3.67. The Morgan fingerprint density at radius 1 is 1.24 bits per heavy atom. The van der Waals surface area contributed by atoms with Crippen LogP contribution in [0.2, 0.25) is 0 Å². The van der Waals surface area contributed by atoms with Crippen LogP contribution in [0.4, 0.5) is 5.13 Å². The molecule has 0 aliphatic carbocycles. The smallest absolute Gasteiger partial charge is 0.293 e. The van der Waals surface area contributed by atoms with Crippen LogP contribution < -0.4 is 10.1 Å². The second-order valence-electron chi connectivity index (χ2n) is 5.82. The number of carbonyl (C=O) groups excluding carboxylic acids is 1. The highest BCUT2D eigenvalue weighted by Crippen LogP contribution is 2.31. The van der Waals surface area contributed by atoms with Crippen LogP contribution in [0.15, 0.2) is 40.8 Å². The lowest BCUT2D eigenvalue weighted by atomic mass is 10.1. The van der Waals surface area contributed by atoms with E-state index in [0.29, 0.717) is 16.5 Å². The number of fused-ring (bicyclic) bond motifs is 2. The third-order valence-corrected chi connectivity index (χ3v) is 5.19. The Morgan fingerprint density at radius 2 is 2.08 bits per heavy atom. The third kappa shape index (κ3) is 2.64. The largest absolute Gasteiger partial charge is 0.493 e. The van der Waals surface area contributed by atoms with E-state index in [4.69, 9.17) is 9.15 Å². The number of ether oxygens (including phenoxy) is 1. The van der Waals surface area contributed by atoms with Crippen molar-refractivity contribution in [3.63, 3.8) is 0 Å². The molecule has 0 aliphatic rings. The molecule has 6 heteroatoms. The number of aromatic nitrogens is 1. The summed E-state index contributed by atoms with van der Waals surface area (Å²) in [5.41, 5.74) is 3.79. The monoisotopic (exact) mass is 352 g/mol. The number of nitrogens with zero attached hydrogens (tertiary/aromatic N) is 1. The molecule has 0 saturated heterocycles. The minimum absolute atomic E-state index is 0.228. The van der Waals surface area contributed by atoms with Crippen molar-refractivity contribution in [1.82, 2.24) is 4.98 Å². The molecule has 0 aliphatic heterocycles. The van der Waals surface area contributed by atoms with Crippen LogP contribution in [-0.4, -0.2) is 18.0 Å². The predicted octanol–water partition coefficient (Wildman–Crippen LogP) is 4.92. The van der Waals surface area contributed by atoms with Gasteiger partial charge >= 0.3 is 0 Å². The van der Waals surface area contributed by atoms with E-state index >= 15 is 0 Å². The van der Waals surface area contributed by atoms with E-state index in [0.717, 1.165) is 21.2 Å². The number of hydrogen-bond acceptors (Lipinski definition) is 5. The van der Waals surface area contributed by atoms with Gasteiger partial charge in [0.05, 0.1) is 17.3 Å². The number of nitrogens with one attached hydrogen (secondary N) is 1. The highest BCUT2D eigenvalue weighted by Gasteiger charge is 2.17. The van der Waals surface area contributed by atoms with Crippen molar-refractivity contribution in [2.24, 2.45) is 0 Å². The van der Waals surface area contributed by atoms with Crippen LogP contribution in [0.5, 0.6) is 5.75 Å². The maximum absolute atomic E-state index is 12.5. The number of furan rings is 1. The van der Waals surface area contributed by atoms with E-state index in [1.54, 1.807) is 19.2 Å². The van der Waals surface area contributed by atoms with Crippen LogP contribution in [0.25, 0.3) is 21.2 Å². The van der Waals surface area contributed by atoms with Crippen LogP contribution >= 0.6 is 11.3 Å². The van der Waals surface area contributed by atoms with Crippen molar-refractivity contribution in [2.75, 3.05) is 12.4 Å². The van der Waals surface area contributed by atoms with Gasteiger partial charge in [0.15, 0.2) is 22.2 Å². The SMILES string of the molecule is COc1cccc2cc(C(=O)Nc3nc4c(C)c(C)ccc4s3)oc12. The second kappa shape index (κ2) is 5.89. The summed E-state index contributed by atoms with van der Waals surface area (Å²) in [6, 6.07) is 11.3. The quantitative estimate of drug-likeness (QED) is 0.568. The molecule has 0 spiro atoms. The number of thiazole rings is 1. The summed E-state index contributed by atoms with van der Waals surface area (Å²) in [5.74, 6) is 0.501. The maximum atomic E-state index is 12.5. The lowest BCUT2D eigenvalue weighted by Gasteiger charge is -1.99. The first-order valence-corrected chi connectivity index (χ1v) is 8.63. The Labute approximate surface area is 148 Å². The lowest BCUT2D eigenvalue weighted by Crippen LogP contribution is -2.10. The molecule has 4 aromatic rings. The highest BCUT2D eigenvalue weighted by atomic mass is 32.1. The van der Waals surface area contributed by atoms with Crippen LogP contribution in [0, 0.1) is 13.8 Å². The number of rotatable bonds is 3. The van der Waals surface area contributed by atoms with E-state index in [2.05, 4.69) is 16.4 Å². The van der Waals surface area contributed by atoms with Gasteiger partial charge in [0.25, 0.3) is 5.91 Å². The van der Waals surface area contributed by atoms with Gasteiger partial charge in [0.1, 0.15) is 0 Å². The van der Waals surface area contributed by atoms with Gasteiger partial charge < -0.3 is 9.15 Å². The minimum atomic E-state index is -0.327. The molecule has 1 N–H and O–H groups in total. The number of methoxy groups -OCH3 is 1. The van der Waals surface area contributed by atoms with Gasteiger partial charge in [-0.15, -0.1) is 0 Å². The summed E-state index contributed by atoms with van der Waals surface area (Å²) in [6.07, 6.45) is 0. The average Bonchev–Trinajstić information content (AvgIpc) is 3.22. The first kappa shape index (κ1) is 15.7. The zero-order chi connectivity index (χ0) is 17.6. The van der Waals surface area contributed by atoms with E-state index in [1.165, 1.54) is 16.9 Å². The van der Waals surface area contributed by atoms with Crippen molar-refractivity contribution < 1.29 is 13.9 Å². The molecule has 2 aromatic carbocycles. The van der Waals surface area contributed by atoms with Gasteiger partial charge in [0, 0.05) is 5.39 Å². The van der Waals surface area contributed by atoms with E-state index in [9.17, 15) is 4.79 Å². The molecule has 0 radical (unpaired) electrons. The molecule has 2 aromatic heterocycles. The number of aryl methyl sites for hydroxylation is 2. The van der Waals surface area contributed by atoms with E-state index < -0.39 is 0 Å². The molecule has 5 nitrogen and oxygen atoms in total. The highest BCUT2D eigenvalue weighted by molar-refractivity contribution is 7.22. The molecular weight excluding hydrogens is 336 g/mol. The van der Waals surface area contributed by atoms with Gasteiger partial charge in [-0.3, -0.25) is 10.1 Å². The fourth-order valence-electron chi connectivity index (χ4n) is 2.75. The molecule has 0 atom stereocenters. The molecule has 0 bridgehead atoms. The van der Waals surface area contributed by atoms with Crippen LogP contribution in [0.1, 0.15) is 21.7 Å². The Bertz CT molecular complexity index is 1110. The molecule has 126 valence electrons. The normalized spacial score (nSPS) is 11.2. The Kier molecular flexibility index (Phi) is 3.69. The first-order valence-electron chi connectivity index (χ1n) is 7.81. The van der Waals surface area contributed by atoms with Crippen molar-refractivity contribution in [3.8, 4) is 5.75 Å². The fraction of sp³-hybridized carbons (Fsp3) is 0.158. The molecule has 1 amide bonds. The molecule has 4 rings (SSSR count). The topological polar surface area (TPSA) is 64.4 Å². The summed E-state index contributed by atoms with van der Waals surface area (Å²) in [5, 5.41) is 4.20. The van der Waals surface area contributed by atoms with E-state index in [1.807, 2.05) is 32.0 Å². The van der Waals surface area contributed by atoms with Crippen LogP contribution in [0.3, 0.4) is 0 Å². The summed E-state index contributed by atoms with van der Waals surface area (Å²) >= 11 is 1.45. The van der Waals surface area contributed by atoms with Crippen LogP contribution in [-0.2, 0) is 0 Å². The van der Waals surface area contributed by atoms with Crippen molar-refractivity contribution in [2.45, 2.75) is 13.8 Å². The molecule has 0 unspecified atom stereocenters. The Balaban J connectivity index is 1.67. The zero-order valence-corrected chi connectivity index (χ0v) is 14.9. The van der Waals surface area contributed by atoms with Gasteiger partial charge in [0.2, 0.25) is 0 Å². The predicted molar refractivity (Wildman–Crippen MR) is 99.8 cm³/mol. The number of para-hydroxylation sites is 1. The minimum Gasteiger partial charge on any atom is -0.493 e. The third-order valence-electron chi connectivity index (χ3n) is 4.26. The number of carbonyl (C=O) groups is 1. The Hall–Kier alpha value is -2.86. The van der Waals surface area contributed by atoms with Crippen molar-refractivity contribution >= 4 is 43.6 Å². The molecular formula is C19H16N2O3S. The van der Waals surface area contributed by atoms with E-state index in [-0.39, 0.29) is 11.7 Å². The summed E-state index contributed by atoms with van der Waals surface area (Å²) < 4.78 is 12.0. The standard InChI is InChI=1S/C19H16N2O3S/c1-10-7-8-15-16(11(10)2)20-19(25-15)21-18(22)14-9-12-5-4-6-13(23-3)17(12)24-14/h4-9H,1-3H3,(H,20,21,22). The Morgan fingerprint density at radius 3 is 2.88 bits per heavy atom. The summed E-state index contributed by atoms with van der Waals surface area (Å²) in [6.45, 7) is 4.09. The number of hydrogen-bond donors (Lipinski definition) is 1. The van der Waals surface area contributed by atoms with Crippen molar-refractivity contribution in [1.29, 1.82) is 0 Å². The average molecular weight is 352 g/mol. The molecule has 2 heterocycles. The molecule has 0 saturated carbocycles. The summed E-state index contributed by atoms with van der Waals surface area (Å²) in [7, 11) is 1.57. The summed E-state index contributed by atoms with van der Waals surface area (Å²) in [4.78, 5) is 17.1. The number of amides is 1. The second-order valence-corrected chi connectivity index (χ2v) is 6.85. The zero-order valence-electron chi connectivity index (χ0n) is 14.0. The first-order chi connectivity index (χ1) is 12.1. The number of benzene rings is 2. The van der Waals surface area contributed by atoms with Crippen molar-refractivity contribution in [3.05, 3.63) is 53.3 Å². The number of anilines is 1. The molecule has 25 heavy (non-hydrogen) atoms. The van der Waals surface area contributed by atoms with Gasteiger partial charge in [-0.1, -0.05) is 29.5 Å².